The van der Waals surface area contributed by atoms with Gasteiger partial charge in [-0.2, -0.15) is 0 Å². The number of nitrogens with zero attached hydrogens (tertiary/aromatic N) is 1. The Bertz CT molecular complexity index is 750. The standard InChI is InChI=1S/C20H24F2N2O2/c1-24(2)18(15-5-4-6-16(21)12-15)13-23-20(25)10-8-14-7-9-19(26-3)17(22)11-14/h4-7,9,11-12,18H,8,10,13H2,1-3H3,(H,23,25). The van der Waals surface area contributed by atoms with Crippen molar-refractivity contribution >= 4 is 5.91 Å². The summed E-state index contributed by atoms with van der Waals surface area (Å²) < 4.78 is 32.0. The number of benzene rings is 2. The van der Waals surface area contributed by atoms with Gasteiger partial charge < -0.3 is 15.0 Å². The van der Waals surface area contributed by atoms with Crippen molar-refractivity contribution in [3.63, 3.8) is 0 Å². The minimum atomic E-state index is -0.441. The van der Waals surface area contributed by atoms with Gasteiger partial charge in [0.05, 0.1) is 13.2 Å². The van der Waals surface area contributed by atoms with Gasteiger partial charge >= 0.3 is 0 Å². The fourth-order valence-corrected chi connectivity index (χ4v) is 2.73. The molecule has 0 aliphatic carbocycles. The fourth-order valence-electron chi connectivity index (χ4n) is 2.73. The minimum Gasteiger partial charge on any atom is -0.494 e. The van der Waals surface area contributed by atoms with Crippen molar-refractivity contribution in [2.24, 2.45) is 0 Å². The zero-order valence-electron chi connectivity index (χ0n) is 15.3. The maximum absolute atomic E-state index is 13.7. The molecule has 1 N–H and O–H groups in total. The predicted molar refractivity (Wildman–Crippen MR) is 97.1 cm³/mol. The zero-order valence-corrected chi connectivity index (χ0v) is 15.3. The van der Waals surface area contributed by atoms with Gasteiger partial charge in [0, 0.05) is 13.0 Å². The average Bonchev–Trinajstić information content (AvgIpc) is 2.60. The predicted octanol–water partition coefficient (Wildman–Crippen LogP) is 3.33. The molecule has 2 rings (SSSR count). The number of hydrogen-bond donors (Lipinski definition) is 1. The smallest absolute Gasteiger partial charge is 0.220 e. The minimum absolute atomic E-state index is 0.131. The summed E-state index contributed by atoms with van der Waals surface area (Å²) in [6.45, 7) is 0.367. The second-order valence-corrected chi connectivity index (χ2v) is 6.31. The van der Waals surface area contributed by atoms with E-state index in [1.807, 2.05) is 25.1 Å². The lowest BCUT2D eigenvalue weighted by Crippen LogP contribution is -2.34. The Balaban J connectivity index is 1.89. The van der Waals surface area contributed by atoms with E-state index in [0.717, 1.165) is 11.1 Å². The molecule has 0 aliphatic heterocycles. The Hall–Kier alpha value is -2.47. The molecule has 4 nitrogen and oxygen atoms in total. The van der Waals surface area contributed by atoms with Gasteiger partial charge in [-0.1, -0.05) is 18.2 Å². The van der Waals surface area contributed by atoms with E-state index < -0.39 is 5.82 Å². The summed E-state index contributed by atoms with van der Waals surface area (Å²) in [6.07, 6.45) is 0.675. The molecule has 26 heavy (non-hydrogen) atoms. The van der Waals surface area contributed by atoms with E-state index in [1.165, 1.54) is 25.3 Å². The zero-order chi connectivity index (χ0) is 19.1. The van der Waals surface area contributed by atoms with E-state index in [9.17, 15) is 13.6 Å². The number of carbonyl (C=O) groups is 1. The molecule has 140 valence electrons. The van der Waals surface area contributed by atoms with Crippen LogP contribution in [0.15, 0.2) is 42.5 Å². The van der Waals surface area contributed by atoms with Crippen LogP contribution in [0.3, 0.4) is 0 Å². The van der Waals surface area contributed by atoms with Gasteiger partial charge in [0.25, 0.3) is 0 Å². The number of aryl methyl sites for hydroxylation is 1. The molecule has 0 radical (unpaired) electrons. The van der Waals surface area contributed by atoms with E-state index in [2.05, 4.69) is 5.32 Å². The molecule has 2 aromatic rings. The first-order valence-corrected chi connectivity index (χ1v) is 8.41. The number of nitrogens with one attached hydrogen (secondary N) is 1. The summed E-state index contributed by atoms with van der Waals surface area (Å²) in [5.74, 6) is -0.696. The van der Waals surface area contributed by atoms with Crippen LogP contribution in [0.4, 0.5) is 8.78 Å². The third-order valence-electron chi connectivity index (χ3n) is 4.21. The highest BCUT2D eigenvalue weighted by atomic mass is 19.1. The molecule has 6 heteroatoms. The van der Waals surface area contributed by atoms with Crippen molar-refractivity contribution in [1.29, 1.82) is 0 Å². The average molecular weight is 362 g/mol. The van der Waals surface area contributed by atoms with Crippen molar-refractivity contribution < 1.29 is 18.3 Å². The van der Waals surface area contributed by atoms with Crippen molar-refractivity contribution in [3.05, 3.63) is 65.2 Å². The van der Waals surface area contributed by atoms with Gasteiger partial charge in [-0.15, -0.1) is 0 Å². The van der Waals surface area contributed by atoms with Gasteiger partial charge in [-0.3, -0.25) is 4.79 Å². The number of likely N-dealkylation sites (N-methyl/N-ethyl adjacent to an activating group) is 1. The Morgan fingerprint density at radius 2 is 1.96 bits per heavy atom. The lowest BCUT2D eigenvalue weighted by molar-refractivity contribution is -0.121. The topological polar surface area (TPSA) is 41.6 Å². The summed E-state index contributed by atoms with van der Waals surface area (Å²) in [5.41, 5.74) is 1.53. The van der Waals surface area contributed by atoms with Gasteiger partial charge in [-0.25, -0.2) is 8.78 Å². The van der Waals surface area contributed by atoms with E-state index in [0.29, 0.717) is 13.0 Å². The van der Waals surface area contributed by atoms with Gasteiger partial charge in [0.2, 0.25) is 5.91 Å². The number of methoxy groups -OCH3 is 1. The highest BCUT2D eigenvalue weighted by Crippen LogP contribution is 2.19. The summed E-state index contributed by atoms with van der Waals surface area (Å²) in [6, 6.07) is 10.9. The van der Waals surface area contributed by atoms with Gasteiger partial charge in [-0.05, 0) is 55.9 Å². The highest BCUT2D eigenvalue weighted by Gasteiger charge is 2.16. The Morgan fingerprint density at radius 1 is 1.19 bits per heavy atom. The lowest BCUT2D eigenvalue weighted by Gasteiger charge is -2.25. The molecule has 0 aromatic heterocycles. The maximum Gasteiger partial charge on any atom is 0.220 e. The van der Waals surface area contributed by atoms with Crippen LogP contribution in [0.25, 0.3) is 0 Å². The molecule has 0 fully saturated rings. The molecule has 0 bridgehead atoms. The number of rotatable bonds is 8. The second kappa shape index (κ2) is 9.29. The monoisotopic (exact) mass is 362 g/mol. The highest BCUT2D eigenvalue weighted by molar-refractivity contribution is 5.76. The molecule has 2 aromatic carbocycles. The molecular formula is C20H24F2N2O2. The van der Waals surface area contributed by atoms with Gasteiger partial charge in [0.1, 0.15) is 5.82 Å². The van der Waals surface area contributed by atoms with Crippen LogP contribution in [0.1, 0.15) is 23.6 Å². The van der Waals surface area contributed by atoms with E-state index in [1.54, 1.807) is 18.2 Å². The second-order valence-electron chi connectivity index (χ2n) is 6.31. The molecule has 1 amide bonds. The molecule has 0 saturated carbocycles. The maximum atomic E-state index is 13.7. The van der Waals surface area contributed by atoms with E-state index >= 15 is 0 Å². The van der Waals surface area contributed by atoms with Crippen LogP contribution in [0, 0.1) is 11.6 Å². The molecule has 0 aliphatic rings. The third-order valence-corrected chi connectivity index (χ3v) is 4.21. The first-order chi connectivity index (χ1) is 12.4. The summed E-state index contributed by atoms with van der Waals surface area (Å²) >= 11 is 0. The largest absolute Gasteiger partial charge is 0.494 e. The van der Waals surface area contributed by atoms with Crippen LogP contribution in [-0.4, -0.2) is 38.6 Å². The molecule has 0 saturated heterocycles. The molecular weight excluding hydrogens is 338 g/mol. The van der Waals surface area contributed by atoms with Crippen molar-refractivity contribution in [2.45, 2.75) is 18.9 Å². The van der Waals surface area contributed by atoms with Gasteiger partial charge in [0.15, 0.2) is 11.6 Å². The number of ether oxygens (including phenoxy) is 1. The quantitative estimate of drug-likeness (QED) is 0.783. The SMILES string of the molecule is COc1ccc(CCC(=O)NCC(c2cccc(F)c2)N(C)C)cc1F. The van der Waals surface area contributed by atoms with Crippen molar-refractivity contribution in [1.82, 2.24) is 10.2 Å². The fraction of sp³-hybridized carbons (Fsp3) is 0.350. The van der Waals surface area contributed by atoms with E-state index in [-0.39, 0.29) is 29.9 Å². The first kappa shape index (κ1) is 19.8. The first-order valence-electron chi connectivity index (χ1n) is 8.41. The van der Waals surface area contributed by atoms with Crippen LogP contribution in [0.2, 0.25) is 0 Å². The van der Waals surface area contributed by atoms with Crippen LogP contribution < -0.4 is 10.1 Å². The Kier molecular flexibility index (Phi) is 7.09. The number of carbonyl (C=O) groups excluding carboxylic acids is 1. The Labute approximate surface area is 152 Å². The number of halogens is 2. The molecule has 0 heterocycles. The number of hydrogen-bond acceptors (Lipinski definition) is 3. The summed E-state index contributed by atoms with van der Waals surface area (Å²) in [5, 5.41) is 2.87. The summed E-state index contributed by atoms with van der Waals surface area (Å²) in [4.78, 5) is 14.1. The summed E-state index contributed by atoms with van der Waals surface area (Å²) in [7, 11) is 5.16. The third kappa shape index (κ3) is 5.52. The Morgan fingerprint density at radius 3 is 2.58 bits per heavy atom. The molecule has 1 unspecified atom stereocenters. The van der Waals surface area contributed by atoms with Crippen LogP contribution >= 0.6 is 0 Å². The van der Waals surface area contributed by atoms with Crippen molar-refractivity contribution in [2.75, 3.05) is 27.7 Å². The van der Waals surface area contributed by atoms with Crippen molar-refractivity contribution in [3.8, 4) is 5.75 Å². The van der Waals surface area contributed by atoms with Crippen LogP contribution in [0.5, 0.6) is 5.75 Å². The van der Waals surface area contributed by atoms with E-state index in [4.69, 9.17) is 4.74 Å². The normalized spacial score (nSPS) is 12.1. The molecule has 1 atom stereocenters. The van der Waals surface area contributed by atoms with Crippen LogP contribution in [-0.2, 0) is 11.2 Å². The number of amides is 1. The molecule has 0 spiro atoms. The lowest BCUT2D eigenvalue weighted by atomic mass is 10.1.